The van der Waals surface area contributed by atoms with E-state index in [1.807, 2.05) is 30.5 Å². The zero-order valence-corrected chi connectivity index (χ0v) is 16.2. The van der Waals surface area contributed by atoms with Crippen LogP contribution in [0.25, 0.3) is 0 Å². The molecule has 0 aliphatic carbocycles. The van der Waals surface area contributed by atoms with Crippen LogP contribution in [0, 0.1) is 12.8 Å². The zero-order chi connectivity index (χ0) is 17.8. The van der Waals surface area contributed by atoms with Crippen LogP contribution >= 0.6 is 34.5 Å². The molecule has 1 aromatic heterocycles. The summed E-state index contributed by atoms with van der Waals surface area (Å²) in [7, 11) is 0. The number of carbonyl (C=O) groups is 1. The number of thiophene rings is 1. The summed E-state index contributed by atoms with van der Waals surface area (Å²) in [6.07, 6.45) is 0.907. The summed E-state index contributed by atoms with van der Waals surface area (Å²) in [5, 5.41) is 13.0. The van der Waals surface area contributed by atoms with Crippen LogP contribution in [0.5, 0.6) is 0 Å². The lowest BCUT2D eigenvalue weighted by atomic mass is 10.0. The fraction of sp³-hybridized carbons (Fsp3) is 0.389. The summed E-state index contributed by atoms with van der Waals surface area (Å²) < 4.78 is 0. The Labute approximate surface area is 161 Å². The largest absolute Gasteiger partial charge is 0.325 e. The SMILES string of the molecule is Cc1cc(Cl)cs1.O=C(Nc1cccc(Cl)c1)C1CC2CNCC2N1. The number of halogens is 2. The summed E-state index contributed by atoms with van der Waals surface area (Å²) in [6, 6.07) is 9.55. The number of nitrogens with one attached hydrogen (secondary N) is 3. The molecule has 3 N–H and O–H groups in total. The van der Waals surface area contributed by atoms with E-state index < -0.39 is 0 Å². The maximum Gasteiger partial charge on any atom is 0.241 e. The Balaban J connectivity index is 0.000000219. The quantitative estimate of drug-likeness (QED) is 0.719. The van der Waals surface area contributed by atoms with Crippen molar-refractivity contribution in [3.05, 3.63) is 50.6 Å². The molecular formula is C18H21Cl2N3OS. The molecule has 0 bridgehead atoms. The number of hydrogen-bond acceptors (Lipinski definition) is 4. The molecular weight excluding hydrogens is 377 g/mol. The van der Waals surface area contributed by atoms with Gasteiger partial charge in [-0.15, -0.1) is 11.3 Å². The standard InChI is InChI=1S/C13H16ClN3O.C5H5ClS/c14-9-2-1-3-10(5-9)16-13(18)11-4-8-6-15-7-12(8)17-11;1-4-2-5(6)3-7-4/h1-3,5,8,11-12,15,17H,4,6-7H2,(H,16,18);2-3H,1H3. The van der Waals surface area contributed by atoms with E-state index in [-0.39, 0.29) is 11.9 Å². The lowest BCUT2D eigenvalue weighted by molar-refractivity contribution is -0.117. The highest BCUT2D eigenvalue weighted by Crippen LogP contribution is 2.24. The van der Waals surface area contributed by atoms with Gasteiger partial charge < -0.3 is 16.0 Å². The first kappa shape index (κ1) is 18.7. The molecule has 0 saturated carbocycles. The Bertz CT molecular complexity index is 708. The predicted octanol–water partition coefficient (Wildman–Crippen LogP) is 3.94. The Morgan fingerprint density at radius 3 is 2.68 bits per heavy atom. The summed E-state index contributed by atoms with van der Waals surface area (Å²) in [6.45, 7) is 4.01. The number of aryl methyl sites for hydroxylation is 1. The third-order valence-electron chi connectivity index (χ3n) is 4.40. The molecule has 0 spiro atoms. The second-order valence-electron chi connectivity index (χ2n) is 6.35. The van der Waals surface area contributed by atoms with Crippen molar-refractivity contribution in [2.75, 3.05) is 18.4 Å². The lowest BCUT2D eigenvalue weighted by Crippen LogP contribution is -2.41. The maximum absolute atomic E-state index is 12.1. The van der Waals surface area contributed by atoms with Crippen molar-refractivity contribution >= 4 is 46.1 Å². The van der Waals surface area contributed by atoms with Crippen molar-refractivity contribution in [3.8, 4) is 0 Å². The van der Waals surface area contributed by atoms with Crippen molar-refractivity contribution in [2.24, 2.45) is 5.92 Å². The van der Waals surface area contributed by atoms with Gasteiger partial charge in [-0.1, -0.05) is 29.3 Å². The highest BCUT2D eigenvalue weighted by Gasteiger charge is 2.39. The lowest BCUT2D eigenvalue weighted by Gasteiger charge is -2.13. The van der Waals surface area contributed by atoms with Crippen LogP contribution in [-0.2, 0) is 4.79 Å². The Morgan fingerprint density at radius 1 is 1.24 bits per heavy atom. The molecule has 3 heterocycles. The monoisotopic (exact) mass is 397 g/mol. The van der Waals surface area contributed by atoms with Gasteiger partial charge in [-0.3, -0.25) is 4.79 Å². The van der Waals surface area contributed by atoms with E-state index in [0.29, 0.717) is 17.0 Å². The summed E-state index contributed by atoms with van der Waals surface area (Å²) in [4.78, 5) is 13.4. The molecule has 4 rings (SSSR count). The number of carbonyl (C=O) groups excluding carboxylic acids is 1. The number of hydrogen-bond donors (Lipinski definition) is 3. The molecule has 3 unspecified atom stereocenters. The van der Waals surface area contributed by atoms with Crippen molar-refractivity contribution < 1.29 is 4.79 Å². The van der Waals surface area contributed by atoms with Crippen LogP contribution in [0.1, 0.15) is 11.3 Å². The minimum Gasteiger partial charge on any atom is -0.325 e. The number of benzene rings is 1. The minimum atomic E-state index is -0.0823. The van der Waals surface area contributed by atoms with Crippen LogP contribution in [0.15, 0.2) is 35.7 Å². The molecule has 2 saturated heterocycles. The molecule has 2 aromatic rings. The zero-order valence-electron chi connectivity index (χ0n) is 13.9. The predicted molar refractivity (Wildman–Crippen MR) is 106 cm³/mol. The number of anilines is 1. The normalized spacial score (nSPS) is 24.4. The highest BCUT2D eigenvalue weighted by molar-refractivity contribution is 7.10. The fourth-order valence-electron chi connectivity index (χ4n) is 3.19. The van der Waals surface area contributed by atoms with Gasteiger partial charge >= 0.3 is 0 Å². The van der Waals surface area contributed by atoms with E-state index in [1.165, 1.54) is 4.88 Å². The summed E-state index contributed by atoms with van der Waals surface area (Å²) in [5.74, 6) is 0.617. The van der Waals surface area contributed by atoms with Crippen LogP contribution in [0.4, 0.5) is 5.69 Å². The Morgan fingerprint density at radius 2 is 2.08 bits per heavy atom. The molecule has 1 amide bonds. The van der Waals surface area contributed by atoms with Gasteiger partial charge in [0.05, 0.1) is 11.1 Å². The van der Waals surface area contributed by atoms with Gasteiger partial charge in [0.1, 0.15) is 0 Å². The Hall–Kier alpha value is -1.11. The van der Waals surface area contributed by atoms with Crippen molar-refractivity contribution in [1.29, 1.82) is 0 Å². The number of amides is 1. The van der Waals surface area contributed by atoms with E-state index in [1.54, 1.807) is 23.5 Å². The summed E-state index contributed by atoms with van der Waals surface area (Å²) >= 11 is 13.1. The molecule has 25 heavy (non-hydrogen) atoms. The van der Waals surface area contributed by atoms with E-state index >= 15 is 0 Å². The first-order valence-electron chi connectivity index (χ1n) is 8.25. The smallest absolute Gasteiger partial charge is 0.241 e. The second-order valence-corrected chi connectivity index (χ2v) is 8.34. The maximum atomic E-state index is 12.1. The van der Waals surface area contributed by atoms with Crippen molar-refractivity contribution in [1.82, 2.24) is 10.6 Å². The van der Waals surface area contributed by atoms with Gasteiger partial charge in [-0.2, -0.15) is 0 Å². The average Bonchev–Trinajstić information content (AvgIpc) is 3.24. The first-order chi connectivity index (χ1) is 12.0. The van der Waals surface area contributed by atoms with Crippen LogP contribution in [0.2, 0.25) is 10.0 Å². The van der Waals surface area contributed by atoms with E-state index in [0.717, 1.165) is 30.2 Å². The molecule has 2 aliphatic rings. The topological polar surface area (TPSA) is 53.2 Å². The molecule has 1 aromatic carbocycles. The Kier molecular flexibility index (Phi) is 6.36. The molecule has 4 nitrogen and oxygen atoms in total. The molecule has 134 valence electrons. The van der Waals surface area contributed by atoms with Crippen LogP contribution < -0.4 is 16.0 Å². The van der Waals surface area contributed by atoms with Gasteiger partial charge in [0.15, 0.2) is 0 Å². The number of rotatable bonds is 2. The molecule has 2 fully saturated rings. The summed E-state index contributed by atoms with van der Waals surface area (Å²) in [5.41, 5.74) is 0.754. The first-order valence-corrected chi connectivity index (χ1v) is 9.88. The van der Waals surface area contributed by atoms with Crippen LogP contribution in [-0.4, -0.2) is 31.1 Å². The third kappa shape index (κ3) is 5.19. The highest BCUT2D eigenvalue weighted by atomic mass is 35.5. The van der Waals surface area contributed by atoms with Crippen molar-refractivity contribution in [3.63, 3.8) is 0 Å². The second kappa shape index (κ2) is 8.52. The van der Waals surface area contributed by atoms with Gasteiger partial charge in [0.25, 0.3) is 0 Å². The molecule has 2 aliphatic heterocycles. The molecule has 3 atom stereocenters. The number of fused-ring (bicyclic) bond motifs is 1. The van der Waals surface area contributed by atoms with E-state index in [4.69, 9.17) is 23.2 Å². The van der Waals surface area contributed by atoms with Gasteiger partial charge in [0.2, 0.25) is 5.91 Å². The van der Waals surface area contributed by atoms with Gasteiger partial charge in [-0.25, -0.2) is 0 Å². The van der Waals surface area contributed by atoms with E-state index in [2.05, 4.69) is 16.0 Å². The minimum absolute atomic E-state index is 0.0340. The van der Waals surface area contributed by atoms with Gasteiger partial charge in [-0.05, 0) is 50.1 Å². The van der Waals surface area contributed by atoms with Crippen LogP contribution in [0.3, 0.4) is 0 Å². The average molecular weight is 398 g/mol. The van der Waals surface area contributed by atoms with E-state index in [9.17, 15) is 4.79 Å². The third-order valence-corrected chi connectivity index (χ3v) is 5.84. The fourth-order valence-corrected chi connectivity index (χ4v) is 4.31. The molecule has 7 heteroatoms. The van der Waals surface area contributed by atoms with Crippen molar-refractivity contribution in [2.45, 2.75) is 25.4 Å². The molecule has 0 radical (unpaired) electrons. The van der Waals surface area contributed by atoms with Gasteiger partial charge in [0, 0.05) is 33.6 Å².